The molecular formula is C25H45NS. The van der Waals surface area contributed by atoms with E-state index in [9.17, 15) is 0 Å². The van der Waals surface area contributed by atoms with Gasteiger partial charge in [0.1, 0.15) is 0 Å². The van der Waals surface area contributed by atoms with Crippen LogP contribution in [0.5, 0.6) is 0 Å². The number of rotatable bonds is 10. The van der Waals surface area contributed by atoms with Crippen LogP contribution in [0.15, 0.2) is 60.8 Å². The Morgan fingerprint density at radius 2 is 1.85 bits per heavy atom. The van der Waals surface area contributed by atoms with Gasteiger partial charge in [-0.15, -0.1) is 19.7 Å². The molecule has 0 aromatic rings. The van der Waals surface area contributed by atoms with Gasteiger partial charge < -0.3 is 5.73 Å². The maximum atomic E-state index is 5.88. The van der Waals surface area contributed by atoms with E-state index in [1.54, 1.807) is 0 Å². The highest BCUT2D eigenvalue weighted by Gasteiger charge is 2.14. The second-order valence-electron chi connectivity index (χ2n) is 7.50. The van der Waals surface area contributed by atoms with Crippen molar-refractivity contribution in [3.8, 4) is 0 Å². The molecule has 1 nitrogen and oxygen atoms in total. The Kier molecular flexibility index (Phi) is 20.7. The number of thioether (sulfide) groups is 1. The second kappa shape index (κ2) is 19.8. The molecule has 0 heterocycles. The number of unbranched alkanes of at least 4 members (excludes halogenated alkanes) is 3. The molecule has 0 fully saturated rings. The van der Waals surface area contributed by atoms with E-state index in [-0.39, 0.29) is 6.04 Å². The first-order valence-corrected chi connectivity index (χ1v) is 11.4. The number of hydrogen-bond acceptors (Lipinski definition) is 2. The SMILES string of the molecule is C=C(C)C.C=CCC.C=CCCCCCSC1C=CC(CC(C)N)=C(C)C1. The first-order valence-electron chi connectivity index (χ1n) is 10.4. The normalized spacial score (nSPS) is 16.4. The molecule has 0 bridgehead atoms. The molecule has 2 heteroatoms. The van der Waals surface area contributed by atoms with Crippen molar-refractivity contribution in [1.82, 2.24) is 0 Å². The predicted molar refractivity (Wildman–Crippen MR) is 131 cm³/mol. The molecule has 0 radical (unpaired) electrons. The van der Waals surface area contributed by atoms with Crippen molar-refractivity contribution in [2.75, 3.05) is 5.75 Å². The third-order valence-electron chi connectivity index (χ3n) is 3.78. The number of allylic oxidation sites excluding steroid dienone is 5. The predicted octanol–water partition coefficient (Wildman–Crippen LogP) is 8.01. The summed E-state index contributed by atoms with van der Waals surface area (Å²) < 4.78 is 0. The maximum absolute atomic E-state index is 5.88. The minimum absolute atomic E-state index is 0.267. The lowest BCUT2D eigenvalue weighted by molar-refractivity contribution is 0.725. The van der Waals surface area contributed by atoms with E-state index >= 15 is 0 Å². The zero-order valence-corrected chi connectivity index (χ0v) is 19.5. The monoisotopic (exact) mass is 391 g/mol. The molecule has 2 unspecified atom stereocenters. The molecule has 0 saturated heterocycles. The molecule has 1 aliphatic carbocycles. The lowest BCUT2D eigenvalue weighted by Crippen LogP contribution is -2.17. The lowest BCUT2D eigenvalue weighted by atomic mass is 9.94. The van der Waals surface area contributed by atoms with E-state index in [0.29, 0.717) is 5.25 Å². The second-order valence-corrected chi connectivity index (χ2v) is 8.85. The van der Waals surface area contributed by atoms with Gasteiger partial charge in [-0.1, -0.05) is 48.8 Å². The first-order chi connectivity index (χ1) is 12.8. The fraction of sp³-hybridized carbons (Fsp3) is 0.600. The van der Waals surface area contributed by atoms with E-state index in [2.05, 4.69) is 64.4 Å². The number of nitrogens with two attached hydrogens (primary N) is 1. The van der Waals surface area contributed by atoms with Crippen LogP contribution in [0.25, 0.3) is 0 Å². The molecule has 1 aliphatic rings. The third-order valence-corrected chi connectivity index (χ3v) is 5.06. The highest BCUT2D eigenvalue weighted by atomic mass is 32.2. The van der Waals surface area contributed by atoms with Crippen molar-refractivity contribution < 1.29 is 0 Å². The van der Waals surface area contributed by atoms with Crippen LogP contribution in [0.4, 0.5) is 0 Å². The largest absolute Gasteiger partial charge is 0.328 e. The summed E-state index contributed by atoms with van der Waals surface area (Å²) >= 11 is 2.10. The standard InChI is InChI=1S/C17H29NS.2C4H8/c1-4-5-6-7-8-11-19-17-10-9-16(13-15(3)18)14(2)12-17;1-4(2)3;1-3-4-2/h4,9-10,15,17H,1,5-8,11-13,18H2,2-3H3;1H2,2-3H3;3H,1,4H2,2H3. The van der Waals surface area contributed by atoms with E-state index < -0.39 is 0 Å². The summed E-state index contributed by atoms with van der Waals surface area (Å²) in [6.07, 6.45) is 17.0. The third kappa shape index (κ3) is 21.2. The van der Waals surface area contributed by atoms with Crippen LogP contribution in [0.1, 0.15) is 79.6 Å². The summed E-state index contributed by atoms with van der Waals surface area (Å²) in [5.74, 6) is 1.28. The fourth-order valence-electron chi connectivity index (χ4n) is 2.37. The van der Waals surface area contributed by atoms with Crippen LogP contribution >= 0.6 is 11.8 Å². The van der Waals surface area contributed by atoms with Gasteiger partial charge in [-0.25, -0.2) is 0 Å². The summed E-state index contributed by atoms with van der Waals surface area (Å²) in [5, 5.41) is 0.677. The van der Waals surface area contributed by atoms with Gasteiger partial charge in [-0.05, 0) is 77.5 Å². The Morgan fingerprint density at radius 1 is 1.26 bits per heavy atom. The Labute approximate surface area is 175 Å². The molecule has 2 atom stereocenters. The van der Waals surface area contributed by atoms with Crippen LogP contribution in [0, 0.1) is 0 Å². The van der Waals surface area contributed by atoms with Crippen molar-refractivity contribution in [3.63, 3.8) is 0 Å². The molecule has 2 N–H and O–H groups in total. The smallest absolute Gasteiger partial charge is 0.0267 e. The van der Waals surface area contributed by atoms with Crippen LogP contribution in [-0.4, -0.2) is 17.0 Å². The first kappa shape index (κ1) is 28.2. The highest BCUT2D eigenvalue weighted by molar-refractivity contribution is 8.00. The maximum Gasteiger partial charge on any atom is 0.0267 e. The van der Waals surface area contributed by atoms with Crippen LogP contribution in [0.2, 0.25) is 0 Å². The molecule has 27 heavy (non-hydrogen) atoms. The average Bonchev–Trinajstić information content (AvgIpc) is 2.59. The zero-order valence-electron chi connectivity index (χ0n) is 18.7. The molecule has 1 rings (SSSR count). The number of hydrogen-bond donors (Lipinski definition) is 1. The average molecular weight is 392 g/mol. The molecule has 0 saturated carbocycles. The van der Waals surface area contributed by atoms with Gasteiger partial charge in [0.2, 0.25) is 0 Å². The van der Waals surface area contributed by atoms with Crippen LogP contribution in [0.3, 0.4) is 0 Å². The summed E-state index contributed by atoms with van der Waals surface area (Å²) in [5.41, 5.74) is 10.0. The lowest BCUT2D eigenvalue weighted by Gasteiger charge is -2.21. The summed E-state index contributed by atoms with van der Waals surface area (Å²) in [4.78, 5) is 0. The topological polar surface area (TPSA) is 26.0 Å². The quantitative estimate of drug-likeness (QED) is 0.301. The van der Waals surface area contributed by atoms with Crippen molar-refractivity contribution >= 4 is 11.8 Å². The summed E-state index contributed by atoms with van der Waals surface area (Å²) in [7, 11) is 0. The molecule has 0 aliphatic heterocycles. The minimum atomic E-state index is 0.267. The Hall–Kier alpha value is -0.990. The van der Waals surface area contributed by atoms with Crippen molar-refractivity contribution in [2.24, 2.45) is 5.73 Å². The zero-order chi connectivity index (χ0) is 21.1. The Bertz CT molecular complexity index is 453. The summed E-state index contributed by atoms with van der Waals surface area (Å²) in [6, 6.07) is 0.267. The van der Waals surface area contributed by atoms with Crippen LogP contribution < -0.4 is 5.73 Å². The van der Waals surface area contributed by atoms with Crippen molar-refractivity contribution in [2.45, 2.75) is 90.9 Å². The Morgan fingerprint density at radius 3 is 2.30 bits per heavy atom. The molecule has 0 spiro atoms. The molecule has 0 aromatic heterocycles. The van der Waals surface area contributed by atoms with Gasteiger partial charge in [0.05, 0.1) is 0 Å². The van der Waals surface area contributed by atoms with Gasteiger partial charge in [-0.2, -0.15) is 11.8 Å². The van der Waals surface area contributed by atoms with Crippen LogP contribution in [-0.2, 0) is 0 Å². The fourth-order valence-corrected chi connectivity index (χ4v) is 3.60. The summed E-state index contributed by atoms with van der Waals surface area (Å²) in [6.45, 7) is 21.1. The van der Waals surface area contributed by atoms with Gasteiger partial charge in [0.15, 0.2) is 0 Å². The molecular weight excluding hydrogens is 346 g/mol. The van der Waals surface area contributed by atoms with Gasteiger partial charge in [0.25, 0.3) is 0 Å². The van der Waals surface area contributed by atoms with E-state index in [4.69, 9.17) is 5.73 Å². The highest BCUT2D eigenvalue weighted by Crippen LogP contribution is 2.29. The van der Waals surface area contributed by atoms with E-state index in [1.807, 2.05) is 26.0 Å². The Balaban J connectivity index is 0. The van der Waals surface area contributed by atoms with Crippen molar-refractivity contribution in [1.29, 1.82) is 0 Å². The van der Waals surface area contributed by atoms with Crippen molar-refractivity contribution in [3.05, 3.63) is 60.8 Å². The molecule has 156 valence electrons. The molecule has 0 aromatic carbocycles. The van der Waals surface area contributed by atoms with Gasteiger partial charge in [0, 0.05) is 11.3 Å². The van der Waals surface area contributed by atoms with E-state index in [0.717, 1.165) is 19.3 Å². The molecule has 0 amide bonds. The van der Waals surface area contributed by atoms with Gasteiger partial charge >= 0.3 is 0 Å². The van der Waals surface area contributed by atoms with E-state index in [1.165, 1.54) is 48.2 Å². The minimum Gasteiger partial charge on any atom is -0.328 e. The van der Waals surface area contributed by atoms with Gasteiger partial charge in [-0.3, -0.25) is 0 Å².